The smallest absolute Gasteiger partial charge is 0.175 e. The molecule has 0 atom stereocenters. The molecule has 0 bridgehead atoms. The zero-order valence-electron chi connectivity index (χ0n) is 12.5. The van der Waals surface area contributed by atoms with Crippen molar-refractivity contribution >= 4 is 11.6 Å². The van der Waals surface area contributed by atoms with Gasteiger partial charge in [-0.05, 0) is 52.2 Å². The predicted molar refractivity (Wildman–Crippen MR) is 80.5 cm³/mol. The van der Waals surface area contributed by atoms with E-state index in [1.165, 1.54) is 25.9 Å². The maximum absolute atomic E-state index is 5.00. The molecule has 2 aromatic rings. The number of aryl methyl sites for hydroxylation is 1. The van der Waals surface area contributed by atoms with Gasteiger partial charge in [0.25, 0.3) is 0 Å². The molecule has 2 aromatic heterocycles. The number of hydrogen-bond acceptors (Lipinski definition) is 6. The Morgan fingerprint density at radius 1 is 1.24 bits per heavy atom. The number of hydrogen-bond donors (Lipinski definition) is 1. The Morgan fingerprint density at radius 3 is 2.67 bits per heavy atom. The number of rotatable bonds is 4. The van der Waals surface area contributed by atoms with E-state index in [0.29, 0.717) is 11.6 Å². The largest absolute Gasteiger partial charge is 0.360 e. The summed E-state index contributed by atoms with van der Waals surface area (Å²) in [5.74, 6) is 2.84. The van der Waals surface area contributed by atoms with Crippen molar-refractivity contribution in [2.75, 3.05) is 25.5 Å². The highest BCUT2D eigenvalue weighted by atomic mass is 16.5. The van der Waals surface area contributed by atoms with Gasteiger partial charge in [0.15, 0.2) is 5.82 Å². The molecule has 112 valence electrons. The molecule has 3 rings (SSSR count). The Balaban J connectivity index is 1.56. The van der Waals surface area contributed by atoms with Crippen molar-refractivity contribution in [3.63, 3.8) is 0 Å². The average molecular weight is 287 g/mol. The summed E-state index contributed by atoms with van der Waals surface area (Å²) >= 11 is 0. The van der Waals surface area contributed by atoms with Crippen molar-refractivity contribution in [3.05, 3.63) is 29.9 Å². The van der Waals surface area contributed by atoms with Crippen LogP contribution in [0.5, 0.6) is 0 Å². The Morgan fingerprint density at radius 2 is 2.05 bits per heavy atom. The van der Waals surface area contributed by atoms with Gasteiger partial charge in [-0.1, -0.05) is 5.16 Å². The Bertz CT molecular complexity index is 572. The number of nitrogens with zero attached hydrogens (tertiary/aromatic N) is 4. The molecule has 0 saturated carbocycles. The molecule has 6 heteroatoms. The molecule has 1 aliphatic heterocycles. The minimum absolute atomic E-state index is 0.657. The van der Waals surface area contributed by atoms with Crippen LogP contribution in [0.25, 0.3) is 0 Å². The van der Waals surface area contributed by atoms with E-state index in [9.17, 15) is 0 Å². The van der Waals surface area contributed by atoms with Gasteiger partial charge in [-0.2, -0.15) is 0 Å². The molecule has 0 spiro atoms. The van der Waals surface area contributed by atoms with Gasteiger partial charge in [0.05, 0.1) is 18.1 Å². The first kappa shape index (κ1) is 14.0. The van der Waals surface area contributed by atoms with Gasteiger partial charge in [-0.3, -0.25) is 4.98 Å². The lowest BCUT2D eigenvalue weighted by Gasteiger charge is -2.28. The van der Waals surface area contributed by atoms with Gasteiger partial charge in [0.1, 0.15) is 11.6 Å². The molecule has 1 saturated heterocycles. The van der Waals surface area contributed by atoms with Crippen molar-refractivity contribution in [2.24, 2.45) is 5.92 Å². The minimum Gasteiger partial charge on any atom is -0.360 e. The topological polar surface area (TPSA) is 67.1 Å². The molecule has 21 heavy (non-hydrogen) atoms. The number of anilines is 2. The fraction of sp³-hybridized carbons (Fsp3) is 0.533. The highest BCUT2D eigenvalue weighted by Crippen LogP contribution is 2.20. The fourth-order valence-electron chi connectivity index (χ4n) is 2.64. The molecule has 0 aromatic carbocycles. The van der Waals surface area contributed by atoms with Crippen LogP contribution in [0, 0.1) is 12.8 Å². The third-order valence-corrected chi connectivity index (χ3v) is 3.93. The maximum Gasteiger partial charge on any atom is 0.175 e. The second kappa shape index (κ2) is 6.22. The van der Waals surface area contributed by atoms with Crippen LogP contribution >= 0.6 is 0 Å². The van der Waals surface area contributed by atoms with Crippen LogP contribution in [-0.2, 0) is 6.42 Å². The third-order valence-electron chi connectivity index (χ3n) is 3.93. The van der Waals surface area contributed by atoms with Crippen LogP contribution in [0.3, 0.4) is 0 Å². The summed E-state index contributed by atoms with van der Waals surface area (Å²) in [4.78, 5) is 11.3. The summed E-state index contributed by atoms with van der Waals surface area (Å²) in [6.07, 6.45) is 7.12. The average Bonchev–Trinajstić information content (AvgIpc) is 2.89. The van der Waals surface area contributed by atoms with E-state index >= 15 is 0 Å². The van der Waals surface area contributed by atoms with Crippen LogP contribution < -0.4 is 5.32 Å². The summed E-state index contributed by atoms with van der Waals surface area (Å²) in [5.41, 5.74) is 1.06. The van der Waals surface area contributed by atoms with E-state index in [0.717, 1.165) is 23.8 Å². The highest BCUT2D eigenvalue weighted by molar-refractivity contribution is 5.49. The first-order valence-corrected chi connectivity index (χ1v) is 7.39. The summed E-state index contributed by atoms with van der Waals surface area (Å²) in [6, 6.07) is 1.83. The lowest BCUT2D eigenvalue weighted by molar-refractivity contribution is 0.218. The lowest BCUT2D eigenvalue weighted by atomic mass is 9.92. The molecular formula is C15H21N5O. The molecule has 1 N–H and O–H groups in total. The standard InChI is InChI=1S/C15H21N5O/c1-11-7-14(19-21-11)18-15-10-16-13(9-17-15)8-12-3-5-20(2)6-4-12/h7,9-10,12H,3-6,8H2,1-2H3,(H,17,18,19). The van der Waals surface area contributed by atoms with Crippen molar-refractivity contribution in [2.45, 2.75) is 26.2 Å². The van der Waals surface area contributed by atoms with Crippen LogP contribution in [0.15, 0.2) is 23.0 Å². The van der Waals surface area contributed by atoms with Gasteiger partial charge < -0.3 is 14.7 Å². The van der Waals surface area contributed by atoms with Crippen LogP contribution in [-0.4, -0.2) is 40.2 Å². The number of aromatic nitrogens is 3. The molecule has 0 radical (unpaired) electrons. The maximum atomic E-state index is 5.00. The van der Waals surface area contributed by atoms with E-state index in [1.54, 1.807) is 6.20 Å². The first-order chi connectivity index (χ1) is 10.2. The molecule has 0 unspecified atom stereocenters. The van der Waals surface area contributed by atoms with Gasteiger partial charge in [-0.15, -0.1) is 0 Å². The van der Waals surface area contributed by atoms with Gasteiger partial charge in [0, 0.05) is 6.07 Å². The fourth-order valence-corrected chi connectivity index (χ4v) is 2.64. The number of likely N-dealkylation sites (tertiary alicyclic amines) is 1. The van der Waals surface area contributed by atoms with E-state index in [2.05, 4.69) is 32.4 Å². The molecule has 1 aliphatic rings. The van der Waals surface area contributed by atoms with Crippen molar-refractivity contribution < 1.29 is 4.52 Å². The van der Waals surface area contributed by atoms with Crippen molar-refractivity contribution in [1.29, 1.82) is 0 Å². The SMILES string of the molecule is Cc1cc(Nc2cnc(CC3CCN(C)CC3)cn2)no1. The lowest BCUT2D eigenvalue weighted by Crippen LogP contribution is -2.31. The summed E-state index contributed by atoms with van der Waals surface area (Å²) in [7, 11) is 2.18. The quantitative estimate of drug-likeness (QED) is 0.931. The molecular weight excluding hydrogens is 266 g/mol. The second-order valence-electron chi connectivity index (χ2n) is 5.79. The highest BCUT2D eigenvalue weighted by Gasteiger charge is 2.17. The third kappa shape index (κ3) is 3.78. The zero-order valence-corrected chi connectivity index (χ0v) is 12.5. The minimum atomic E-state index is 0.657. The van der Waals surface area contributed by atoms with Crippen LogP contribution in [0.1, 0.15) is 24.3 Å². The Hall–Kier alpha value is -1.95. The van der Waals surface area contributed by atoms with Crippen LogP contribution in [0.4, 0.5) is 11.6 Å². The molecule has 3 heterocycles. The van der Waals surface area contributed by atoms with Gasteiger partial charge in [-0.25, -0.2) is 4.98 Å². The second-order valence-corrected chi connectivity index (χ2v) is 5.79. The Kier molecular flexibility index (Phi) is 4.15. The van der Waals surface area contributed by atoms with E-state index in [1.807, 2.05) is 19.2 Å². The van der Waals surface area contributed by atoms with E-state index in [4.69, 9.17) is 4.52 Å². The summed E-state index contributed by atoms with van der Waals surface area (Å²) in [6.45, 7) is 4.22. The van der Waals surface area contributed by atoms with E-state index in [-0.39, 0.29) is 0 Å². The zero-order chi connectivity index (χ0) is 14.7. The molecule has 6 nitrogen and oxygen atoms in total. The summed E-state index contributed by atoms with van der Waals surface area (Å²) < 4.78 is 5.00. The van der Waals surface area contributed by atoms with Crippen molar-refractivity contribution in [1.82, 2.24) is 20.0 Å². The molecule has 1 fully saturated rings. The normalized spacial score (nSPS) is 17.0. The first-order valence-electron chi connectivity index (χ1n) is 7.39. The molecule has 0 amide bonds. The number of piperidine rings is 1. The Labute approximate surface area is 124 Å². The summed E-state index contributed by atoms with van der Waals surface area (Å²) in [5, 5.41) is 6.95. The monoisotopic (exact) mass is 287 g/mol. The van der Waals surface area contributed by atoms with Crippen molar-refractivity contribution in [3.8, 4) is 0 Å². The van der Waals surface area contributed by atoms with Gasteiger partial charge in [0.2, 0.25) is 0 Å². The molecule has 0 aliphatic carbocycles. The van der Waals surface area contributed by atoms with Gasteiger partial charge >= 0.3 is 0 Å². The van der Waals surface area contributed by atoms with Crippen LogP contribution in [0.2, 0.25) is 0 Å². The predicted octanol–water partition coefficient (Wildman–Crippen LogP) is 2.40. The van der Waals surface area contributed by atoms with E-state index < -0.39 is 0 Å². The number of nitrogens with one attached hydrogen (secondary N) is 1.